The van der Waals surface area contributed by atoms with Crippen molar-refractivity contribution in [2.45, 2.75) is 6.92 Å². The van der Waals surface area contributed by atoms with Crippen molar-refractivity contribution in [3.05, 3.63) is 38.6 Å². The summed E-state index contributed by atoms with van der Waals surface area (Å²) in [7, 11) is 0. The lowest BCUT2D eigenvalue weighted by atomic mass is 10.5. The van der Waals surface area contributed by atoms with Gasteiger partial charge < -0.3 is 4.42 Å². The molecule has 0 radical (unpaired) electrons. The summed E-state index contributed by atoms with van der Waals surface area (Å²) in [5.74, 6) is 0.731. The first kappa shape index (κ1) is 11.5. The molecule has 0 aliphatic heterocycles. The molecule has 0 aromatic carbocycles. The Morgan fingerprint density at radius 2 is 2.35 bits per heavy atom. The molecule has 8 heteroatoms. The van der Waals surface area contributed by atoms with Gasteiger partial charge in [-0.1, -0.05) is 0 Å². The van der Waals surface area contributed by atoms with E-state index in [4.69, 9.17) is 4.42 Å². The Bertz CT molecular complexity index is 603. The van der Waals surface area contributed by atoms with Gasteiger partial charge in [0.05, 0.1) is 6.21 Å². The minimum absolute atomic E-state index is 0.169. The lowest BCUT2D eigenvalue weighted by Crippen LogP contribution is -2.15. The van der Waals surface area contributed by atoms with Crippen LogP contribution in [-0.4, -0.2) is 21.4 Å². The van der Waals surface area contributed by atoms with Gasteiger partial charge in [0.1, 0.15) is 11.5 Å². The first-order valence-electron chi connectivity index (χ1n) is 4.63. The summed E-state index contributed by atoms with van der Waals surface area (Å²) in [6, 6.07) is 3.48. The highest BCUT2D eigenvalue weighted by atomic mass is 79.9. The Labute approximate surface area is 104 Å². The first-order valence-corrected chi connectivity index (χ1v) is 5.42. The summed E-state index contributed by atoms with van der Waals surface area (Å²) in [6.07, 6.45) is 1.45. The van der Waals surface area contributed by atoms with Crippen LogP contribution in [0.15, 0.2) is 31.1 Å². The Kier molecular flexibility index (Phi) is 3.33. The van der Waals surface area contributed by atoms with Gasteiger partial charge in [-0.25, -0.2) is 5.43 Å². The second kappa shape index (κ2) is 4.91. The van der Waals surface area contributed by atoms with Gasteiger partial charge in [0.25, 0.3) is 5.56 Å². The van der Waals surface area contributed by atoms with Crippen molar-refractivity contribution < 1.29 is 4.42 Å². The lowest BCUT2D eigenvalue weighted by Gasteiger charge is -1.96. The summed E-state index contributed by atoms with van der Waals surface area (Å²) in [4.78, 5) is 13.7. The van der Waals surface area contributed by atoms with Gasteiger partial charge >= 0.3 is 0 Å². The summed E-state index contributed by atoms with van der Waals surface area (Å²) >= 11 is 3.17. The number of nitrogens with one attached hydrogen (secondary N) is 2. The first-order chi connectivity index (χ1) is 8.15. The predicted octanol–water partition coefficient (Wildman–Crippen LogP) is 1.27. The molecule has 2 aromatic heterocycles. The van der Waals surface area contributed by atoms with Crippen LogP contribution in [0, 0.1) is 6.92 Å². The quantitative estimate of drug-likeness (QED) is 0.657. The average molecular weight is 298 g/mol. The van der Waals surface area contributed by atoms with Crippen LogP contribution in [0.1, 0.15) is 11.5 Å². The van der Waals surface area contributed by atoms with E-state index in [9.17, 15) is 4.79 Å². The van der Waals surface area contributed by atoms with Crippen molar-refractivity contribution in [1.29, 1.82) is 0 Å². The van der Waals surface area contributed by atoms with E-state index in [1.807, 2.05) is 0 Å². The maximum absolute atomic E-state index is 11.2. The van der Waals surface area contributed by atoms with Crippen LogP contribution in [0.3, 0.4) is 0 Å². The van der Waals surface area contributed by atoms with Crippen LogP contribution >= 0.6 is 15.9 Å². The van der Waals surface area contributed by atoms with Crippen LogP contribution in [0.2, 0.25) is 0 Å². The molecular weight excluding hydrogens is 290 g/mol. The molecule has 0 bridgehead atoms. The third-order valence-electron chi connectivity index (χ3n) is 1.82. The van der Waals surface area contributed by atoms with Crippen LogP contribution in [0.25, 0.3) is 0 Å². The topological polar surface area (TPSA) is 96.2 Å². The number of rotatable bonds is 3. The predicted molar refractivity (Wildman–Crippen MR) is 65.0 cm³/mol. The number of H-pyrrole nitrogens is 1. The number of hydrogen-bond donors (Lipinski definition) is 2. The minimum atomic E-state index is -0.307. The molecule has 2 rings (SSSR count). The molecule has 0 unspecified atom stereocenters. The zero-order chi connectivity index (χ0) is 12.3. The third kappa shape index (κ3) is 3.00. The number of halogens is 1. The van der Waals surface area contributed by atoms with E-state index < -0.39 is 0 Å². The number of anilines is 1. The zero-order valence-corrected chi connectivity index (χ0v) is 10.4. The van der Waals surface area contributed by atoms with E-state index in [-0.39, 0.29) is 11.5 Å². The van der Waals surface area contributed by atoms with E-state index >= 15 is 0 Å². The van der Waals surface area contributed by atoms with Gasteiger partial charge in [0, 0.05) is 0 Å². The molecule has 7 nitrogen and oxygen atoms in total. The normalized spacial score (nSPS) is 10.9. The molecule has 17 heavy (non-hydrogen) atoms. The van der Waals surface area contributed by atoms with Gasteiger partial charge in [-0.15, -0.1) is 10.2 Å². The van der Waals surface area contributed by atoms with Crippen LogP contribution in [0.4, 0.5) is 5.95 Å². The maximum Gasteiger partial charge on any atom is 0.274 e. The molecule has 0 saturated heterocycles. The zero-order valence-electron chi connectivity index (χ0n) is 8.77. The number of aromatic nitrogens is 3. The van der Waals surface area contributed by atoms with Crippen molar-refractivity contribution in [3.8, 4) is 0 Å². The van der Waals surface area contributed by atoms with E-state index in [0.29, 0.717) is 16.1 Å². The highest BCUT2D eigenvalue weighted by Gasteiger charge is 1.98. The van der Waals surface area contributed by atoms with Gasteiger partial charge in [-0.3, -0.25) is 9.78 Å². The second-order valence-electron chi connectivity index (χ2n) is 3.10. The molecular formula is C9H8BrN5O2. The van der Waals surface area contributed by atoms with E-state index in [1.165, 1.54) is 6.21 Å². The van der Waals surface area contributed by atoms with Crippen molar-refractivity contribution in [1.82, 2.24) is 15.2 Å². The van der Waals surface area contributed by atoms with Crippen LogP contribution in [0.5, 0.6) is 0 Å². The molecule has 88 valence electrons. The molecule has 0 spiro atoms. The maximum atomic E-state index is 11.2. The fraction of sp³-hybridized carbons (Fsp3) is 0.111. The highest BCUT2D eigenvalue weighted by molar-refractivity contribution is 9.10. The van der Waals surface area contributed by atoms with E-state index in [0.717, 1.165) is 0 Å². The molecule has 2 aromatic rings. The smallest absolute Gasteiger partial charge is 0.274 e. The number of aryl methyl sites for hydroxylation is 1. The van der Waals surface area contributed by atoms with E-state index in [1.54, 1.807) is 19.1 Å². The van der Waals surface area contributed by atoms with Crippen LogP contribution < -0.4 is 11.0 Å². The SMILES string of the molecule is Cc1nnc(N/N=C/c2ccc(Br)o2)[nH]c1=O. The fourth-order valence-electron chi connectivity index (χ4n) is 0.998. The Hall–Kier alpha value is -1.96. The van der Waals surface area contributed by atoms with Crippen LogP contribution in [-0.2, 0) is 0 Å². The number of hydrazone groups is 1. The molecule has 0 aliphatic carbocycles. The molecule has 0 fully saturated rings. The third-order valence-corrected chi connectivity index (χ3v) is 2.24. The molecule has 0 atom stereocenters. The lowest BCUT2D eigenvalue weighted by molar-refractivity contribution is 0.534. The van der Waals surface area contributed by atoms with Gasteiger partial charge in [-0.2, -0.15) is 5.10 Å². The molecule has 2 heterocycles. The standard InChI is InChI=1S/C9H8BrN5O2/c1-5-8(16)12-9(15-13-5)14-11-4-6-2-3-7(10)17-6/h2-4H,1H3,(H2,12,14,15,16)/b11-4+. The van der Waals surface area contributed by atoms with Gasteiger partial charge in [0.15, 0.2) is 4.67 Å². The fourth-order valence-corrected chi connectivity index (χ4v) is 1.32. The number of nitrogens with zero attached hydrogens (tertiary/aromatic N) is 3. The molecule has 0 aliphatic rings. The molecule has 0 amide bonds. The number of aromatic amines is 1. The summed E-state index contributed by atoms with van der Waals surface area (Å²) in [5.41, 5.74) is 2.53. The van der Waals surface area contributed by atoms with Gasteiger partial charge in [0.2, 0.25) is 5.95 Å². The summed E-state index contributed by atoms with van der Waals surface area (Å²) in [6.45, 7) is 1.57. The largest absolute Gasteiger partial charge is 0.448 e. The number of furan rings is 1. The Balaban J connectivity index is 2.04. The number of hydrogen-bond acceptors (Lipinski definition) is 6. The second-order valence-corrected chi connectivity index (χ2v) is 3.88. The van der Waals surface area contributed by atoms with Gasteiger partial charge in [-0.05, 0) is 35.0 Å². The average Bonchev–Trinajstić information content (AvgIpc) is 2.70. The summed E-state index contributed by atoms with van der Waals surface area (Å²) < 4.78 is 5.80. The summed E-state index contributed by atoms with van der Waals surface area (Å²) in [5, 5.41) is 11.2. The highest BCUT2D eigenvalue weighted by Crippen LogP contribution is 2.12. The Morgan fingerprint density at radius 3 is 3.00 bits per heavy atom. The monoisotopic (exact) mass is 297 g/mol. The molecule has 2 N–H and O–H groups in total. The van der Waals surface area contributed by atoms with E-state index in [2.05, 4.69) is 41.6 Å². The molecule has 0 saturated carbocycles. The minimum Gasteiger partial charge on any atom is -0.448 e. The Morgan fingerprint density at radius 1 is 1.53 bits per heavy atom. The van der Waals surface area contributed by atoms with Crippen molar-refractivity contribution in [3.63, 3.8) is 0 Å². The van der Waals surface area contributed by atoms with Crippen molar-refractivity contribution in [2.75, 3.05) is 5.43 Å². The van der Waals surface area contributed by atoms with Crippen molar-refractivity contribution in [2.24, 2.45) is 5.10 Å². The van der Waals surface area contributed by atoms with Crippen molar-refractivity contribution >= 4 is 28.1 Å².